The van der Waals surface area contributed by atoms with Crippen molar-refractivity contribution in [2.24, 2.45) is 5.84 Å². The summed E-state index contributed by atoms with van der Waals surface area (Å²) in [7, 11) is 0. The first kappa shape index (κ1) is 13.2. The standard InChI is InChI=1S/C11H11ClIN3S/c12-7-1-2-10(13)9(3-7)11(16-14)4-8-5-15-6-17-8/h1-3,5-6,11,16H,4,14H2. The third-order valence-electron chi connectivity index (χ3n) is 2.42. The second-order valence-corrected chi connectivity index (χ2v) is 6.13. The number of nitrogens with one attached hydrogen (secondary N) is 1. The first-order chi connectivity index (χ1) is 8.20. The van der Waals surface area contributed by atoms with Crippen molar-refractivity contribution in [3.05, 3.63) is 48.9 Å². The molecule has 0 saturated heterocycles. The largest absolute Gasteiger partial charge is 0.271 e. The average molecular weight is 380 g/mol. The minimum Gasteiger partial charge on any atom is -0.271 e. The van der Waals surface area contributed by atoms with Crippen LogP contribution >= 0.6 is 45.5 Å². The number of hydrazine groups is 1. The highest BCUT2D eigenvalue weighted by Gasteiger charge is 2.15. The lowest BCUT2D eigenvalue weighted by Gasteiger charge is -2.17. The van der Waals surface area contributed by atoms with Crippen LogP contribution in [-0.4, -0.2) is 4.98 Å². The van der Waals surface area contributed by atoms with Crippen molar-refractivity contribution in [3.63, 3.8) is 0 Å². The van der Waals surface area contributed by atoms with Gasteiger partial charge in [-0.2, -0.15) is 0 Å². The number of aromatic nitrogens is 1. The molecule has 3 N–H and O–H groups in total. The molecule has 1 aromatic carbocycles. The van der Waals surface area contributed by atoms with Gasteiger partial charge < -0.3 is 0 Å². The van der Waals surface area contributed by atoms with Crippen LogP contribution in [0.3, 0.4) is 0 Å². The highest BCUT2D eigenvalue weighted by Crippen LogP contribution is 2.26. The van der Waals surface area contributed by atoms with E-state index in [1.807, 2.05) is 29.9 Å². The van der Waals surface area contributed by atoms with Crippen molar-refractivity contribution >= 4 is 45.5 Å². The number of halogens is 2. The van der Waals surface area contributed by atoms with Crippen molar-refractivity contribution in [3.8, 4) is 0 Å². The second kappa shape index (κ2) is 6.10. The Labute approximate surface area is 123 Å². The van der Waals surface area contributed by atoms with Gasteiger partial charge in [0.2, 0.25) is 0 Å². The van der Waals surface area contributed by atoms with Gasteiger partial charge in [-0.3, -0.25) is 16.3 Å². The summed E-state index contributed by atoms with van der Waals surface area (Å²) in [6.07, 6.45) is 2.68. The molecule has 0 aliphatic heterocycles. The normalized spacial score (nSPS) is 12.6. The minimum absolute atomic E-state index is 0.0565. The molecule has 1 heterocycles. The Morgan fingerprint density at radius 1 is 1.53 bits per heavy atom. The molecule has 0 amide bonds. The summed E-state index contributed by atoms with van der Waals surface area (Å²) in [5.74, 6) is 5.63. The Hall–Kier alpha value is -0.210. The van der Waals surface area contributed by atoms with Gasteiger partial charge in [-0.25, -0.2) is 0 Å². The zero-order valence-electron chi connectivity index (χ0n) is 8.86. The van der Waals surface area contributed by atoms with E-state index in [0.29, 0.717) is 0 Å². The van der Waals surface area contributed by atoms with E-state index in [2.05, 4.69) is 33.0 Å². The van der Waals surface area contributed by atoms with E-state index in [1.165, 1.54) is 4.88 Å². The summed E-state index contributed by atoms with van der Waals surface area (Å²) in [6.45, 7) is 0. The van der Waals surface area contributed by atoms with E-state index < -0.39 is 0 Å². The zero-order chi connectivity index (χ0) is 12.3. The van der Waals surface area contributed by atoms with E-state index in [0.717, 1.165) is 20.6 Å². The Balaban J connectivity index is 2.25. The number of hydrogen-bond donors (Lipinski definition) is 2. The molecule has 0 saturated carbocycles. The summed E-state index contributed by atoms with van der Waals surface area (Å²) in [4.78, 5) is 5.26. The Morgan fingerprint density at radius 2 is 2.35 bits per heavy atom. The van der Waals surface area contributed by atoms with Crippen LogP contribution in [0.5, 0.6) is 0 Å². The number of hydrogen-bond acceptors (Lipinski definition) is 4. The van der Waals surface area contributed by atoms with Crippen LogP contribution in [0.4, 0.5) is 0 Å². The predicted octanol–water partition coefficient (Wildman–Crippen LogP) is 3.15. The van der Waals surface area contributed by atoms with Gasteiger partial charge in [0.15, 0.2) is 0 Å². The highest BCUT2D eigenvalue weighted by atomic mass is 127. The SMILES string of the molecule is NNC(Cc1cncs1)c1cc(Cl)ccc1I. The molecule has 0 spiro atoms. The number of benzene rings is 1. The molecule has 1 atom stereocenters. The molecule has 0 fully saturated rings. The Bertz CT molecular complexity index is 489. The molecular weight excluding hydrogens is 369 g/mol. The fraction of sp³-hybridized carbons (Fsp3) is 0.182. The summed E-state index contributed by atoms with van der Waals surface area (Å²) in [6, 6.07) is 5.89. The third-order valence-corrected chi connectivity index (χ3v) is 4.44. The summed E-state index contributed by atoms with van der Waals surface area (Å²) < 4.78 is 1.15. The molecule has 3 nitrogen and oxygen atoms in total. The van der Waals surface area contributed by atoms with E-state index in [4.69, 9.17) is 17.4 Å². The first-order valence-corrected chi connectivity index (χ1v) is 7.33. The number of thiazole rings is 1. The summed E-state index contributed by atoms with van der Waals surface area (Å²) >= 11 is 9.94. The van der Waals surface area contributed by atoms with Crippen molar-refractivity contribution in [2.45, 2.75) is 12.5 Å². The highest BCUT2D eigenvalue weighted by molar-refractivity contribution is 14.1. The quantitative estimate of drug-likeness (QED) is 0.487. The lowest BCUT2D eigenvalue weighted by Crippen LogP contribution is -2.30. The second-order valence-electron chi connectivity index (χ2n) is 3.56. The lowest BCUT2D eigenvalue weighted by molar-refractivity contribution is 0.553. The molecular formula is C11H11ClIN3S. The summed E-state index contributed by atoms with van der Waals surface area (Å²) in [5.41, 5.74) is 5.78. The van der Waals surface area contributed by atoms with Crippen LogP contribution in [0, 0.1) is 3.57 Å². The van der Waals surface area contributed by atoms with E-state index >= 15 is 0 Å². The van der Waals surface area contributed by atoms with Crippen LogP contribution in [0.2, 0.25) is 5.02 Å². The van der Waals surface area contributed by atoms with Crippen LogP contribution in [0.25, 0.3) is 0 Å². The molecule has 2 rings (SSSR count). The van der Waals surface area contributed by atoms with Crippen LogP contribution < -0.4 is 11.3 Å². The fourth-order valence-corrected chi connectivity index (χ4v) is 3.12. The van der Waals surface area contributed by atoms with Crippen molar-refractivity contribution < 1.29 is 0 Å². The van der Waals surface area contributed by atoms with Gasteiger partial charge in [0.25, 0.3) is 0 Å². The lowest BCUT2D eigenvalue weighted by atomic mass is 10.0. The fourth-order valence-electron chi connectivity index (χ4n) is 1.58. The Kier molecular flexibility index (Phi) is 4.75. The number of nitrogens with zero attached hydrogens (tertiary/aromatic N) is 1. The molecule has 17 heavy (non-hydrogen) atoms. The number of nitrogens with two attached hydrogens (primary N) is 1. The van der Waals surface area contributed by atoms with Crippen molar-refractivity contribution in [1.29, 1.82) is 0 Å². The maximum absolute atomic E-state index is 6.02. The van der Waals surface area contributed by atoms with Crippen molar-refractivity contribution in [2.75, 3.05) is 0 Å². The number of rotatable bonds is 4. The maximum atomic E-state index is 6.02. The molecule has 1 unspecified atom stereocenters. The average Bonchev–Trinajstić information content (AvgIpc) is 2.82. The molecule has 2 aromatic rings. The molecule has 90 valence electrons. The van der Waals surface area contributed by atoms with Crippen LogP contribution in [0.15, 0.2) is 29.9 Å². The molecule has 0 aliphatic carbocycles. The molecule has 0 radical (unpaired) electrons. The molecule has 6 heteroatoms. The summed E-state index contributed by atoms with van der Waals surface area (Å²) in [5, 5.41) is 0.727. The van der Waals surface area contributed by atoms with E-state index in [1.54, 1.807) is 11.3 Å². The van der Waals surface area contributed by atoms with Gasteiger partial charge in [-0.1, -0.05) is 11.6 Å². The van der Waals surface area contributed by atoms with Gasteiger partial charge >= 0.3 is 0 Å². The van der Waals surface area contributed by atoms with E-state index in [-0.39, 0.29) is 6.04 Å². The molecule has 1 aromatic heterocycles. The van der Waals surface area contributed by atoms with Gasteiger partial charge in [0, 0.05) is 26.1 Å². The van der Waals surface area contributed by atoms with Gasteiger partial charge in [0.05, 0.1) is 11.6 Å². The van der Waals surface area contributed by atoms with Gasteiger partial charge in [-0.15, -0.1) is 11.3 Å². The van der Waals surface area contributed by atoms with Crippen molar-refractivity contribution in [1.82, 2.24) is 10.4 Å². The van der Waals surface area contributed by atoms with Gasteiger partial charge in [-0.05, 0) is 46.4 Å². The Morgan fingerprint density at radius 3 is 3.00 bits per heavy atom. The smallest absolute Gasteiger partial charge is 0.0794 e. The molecule has 0 aliphatic rings. The maximum Gasteiger partial charge on any atom is 0.0794 e. The van der Waals surface area contributed by atoms with E-state index in [9.17, 15) is 0 Å². The van der Waals surface area contributed by atoms with Crippen LogP contribution in [0.1, 0.15) is 16.5 Å². The topological polar surface area (TPSA) is 50.9 Å². The van der Waals surface area contributed by atoms with Crippen LogP contribution in [-0.2, 0) is 6.42 Å². The first-order valence-electron chi connectivity index (χ1n) is 4.99. The predicted molar refractivity (Wildman–Crippen MR) is 80.1 cm³/mol. The zero-order valence-corrected chi connectivity index (χ0v) is 12.6. The monoisotopic (exact) mass is 379 g/mol. The third kappa shape index (κ3) is 3.38. The minimum atomic E-state index is 0.0565. The molecule has 0 bridgehead atoms. The van der Waals surface area contributed by atoms with Gasteiger partial charge in [0.1, 0.15) is 0 Å².